The fraction of sp³-hybridized carbons (Fsp3) is 1.00. The predicted molar refractivity (Wildman–Crippen MR) is 74.6 cm³/mol. The van der Waals surface area contributed by atoms with E-state index in [1.807, 2.05) is 0 Å². The average Bonchev–Trinajstić information content (AvgIpc) is 2.76. The third-order valence-corrected chi connectivity index (χ3v) is 6.16. The fourth-order valence-corrected chi connectivity index (χ4v) is 5.10. The number of hydrogen-bond donors (Lipinski definition) is 1. The molecule has 5 atom stereocenters. The Morgan fingerprint density at radius 1 is 1.17 bits per heavy atom. The van der Waals surface area contributed by atoms with E-state index in [-0.39, 0.29) is 0 Å². The summed E-state index contributed by atoms with van der Waals surface area (Å²) in [7, 11) is 0. The second kappa shape index (κ2) is 4.21. The van der Waals surface area contributed by atoms with Gasteiger partial charge in [-0.15, -0.1) is 0 Å². The van der Waals surface area contributed by atoms with Crippen molar-refractivity contribution in [3.05, 3.63) is 0 Å². The SMILES string of the molecule is CC1CC(NC2C3(C)CCC(C3)C2(C)C)CCO1. The Hall–Kier alpha value is -0.0800. The minimum absolute atomic E-state index is 0.436. The highest BCUT2D eigenvalue weighted by Gasteiger charge is 2.59. The summed E-state index contributed by atoms with van der Waals surface area (Å²) in [6.07, 6.45) is 7.14. The van der Waals surface area contributed by atoms with Gasteiger partial charge >= 0.3 is 0 Å². The zero-order valence-corrected chi connectivity index (χ0v) is 12.5. The van der Waals surface area contributed by atoms with Crippen LogP contribution in [0.4, 0.5) is 0 Å². The molecule has 3 fully saturated rings. The molecule has 1 aliphatic heterocycles. The Morgan fingerprint density at radius 3 is 2.56 bits per heavy atom. The van der Waals surface area contributed by atoms with E-state index in [1.54, 1.807) is 0 Å². The first-order chi connectivity index (χ1) is 8.42. The van der Waals surface area contributed by atoms with Crippen LogP contribution < -0.4 is 5.32 Å². The molecular formula is C16H29NO. The molecular weight excluding hydrogens is 222 g/mol. The lowest BCUT2D eigenvalue weighted by Crippen LogP contribution is -2.55. The molecule has 2 heteroatoms. The Labute approximate surface area is 112 Å². The van der Waals surface area contributed by atoms with Gasteiger partial charge in [-0.05, 0) is 55.8 Å². The van der Waals surface area contributed by atoms with Crippen molar-refractivity contribution in [2.45, 2.75) is 78.0 Å². The van der Waals surface area contributed by atoms with E-state index in [9.17, 15) is 0 Å². The summed E-state index contributed by atoms with van der Waals surface area (Å²) in [4.78, 5) is 0. The van der Waals surface area contributed by atoms with Crippen LogP contribution in [0.2, 0.25) is 0 Å². The van der Waals surface area contributed by atoms with E-state index in [0.717, 1.165) is 12.5 Å². The molecule has 2 nitrogen and oxygen atoms in total. The molecule has 0 aromatic heterocycles. The summed E-state index contributed by atoms with van der Waals surface area (Å²) in [5.41, 5.74) is 1.03. The second-order valence-corrected chi connectivity index (χ2v) is 7.92. The number of nitrogens with one attached hydrogen (secondary N) is 1. The summed E-state index contributed by atoms with van der Waals surface area (Å²) in [5, 5.41) is 4.03. The number of hydrogen-bond acceptors (Lipinski definition) is 2. The van der Waals surface area contributed by atoms with Gasteiger partial charge in [-0.25, -0.2) is 0 Å². The van der Waals surface area contributed by atoms with Crippen molar-refractivity contribution in [2.24, 2.45) is 16.7 Å². The third-order valence-electron chi connectivity index (χ3n) is 6.16. The van der Waals surface area contributed by atoms with Crippen LogP contribution in [0.3, 0.4) is 0 Å². The summed E-state index contributed by atoms with van der Waals surface area (Å²) in [6.45, 7) is 10.6. The minimum atomic E-state index is 0.436. The van der Waals surface area contributed by atoms with E-state index in [2.05, 4.69) is 33.0 Å². The molecule has 1 saturated heterocycles. The maximum absolute atomic E-state index is 5.67. The fourth-order valence-electron chi connectivity index (χ4n) is 5.10. The Bertz CT molecular complexity index is 322. The van der Waals surface area contributed by atoms with E-state index in [0.29, 0.717) is 29.0 Å². The van der Waals surface area contributed by atoms with Gasteiger partial charge in [-0.3, -0.25) is 0 Å². The van der Waals surface area contributed by atoms with Crippen molar-refractivity contribution in [3.8, 4) is 0 Å². The molecule has 104 valence electrons. The highest BCUT2D eigenvalue weighted by Crippen LogP contribution is 2.62. The summed E-state index contributed by atoms with van der Waals surface area (Å²) in [6, 6.07) is 1.38. The second-order valence-electron chi connectivity index (χ2n) is 7.92. The minimum Gasteiger partial charge on any atom is -0.378 e. The summed E-state index contributed by atoms with van der Waals surface area (Å²) >= 11 is 0. The molecule has 1 heterocycles. The Balaban J connectivity index is 1.71. The summed E-state index contributed by atoms with van der Waals surface area (Å²) in [5.74, 6) is 0.942. The smallest absolute Gasteiger partial charge is 0.0561 e. The molecule has 0 aromatic carbocycles. The van der Waals surface area contributed by atoms with Gasteiger partial charge in [0.2, 0.25) is 0 Å². The average molecular weight is 251 g/mol. The number of ether oxygens (including phenoxy) is 1. The van der Waals surface area contributed by atoms with Crippen LogP contribution in [0.1, 0.15) is 59.8 Å². The molecule has 1 N–H and O–H groups in total. The zero-order chi connectivity index (χ0) is 13.0. The van der Waals surface area contributed by atoms with E-state index < -0.39 is 0 Å². The van der Waals surface area contributed by atoms with Gasteiger partial charge in [0.25, 0.3) is 0 Å². The van der Waals surface area contributed by atoms with Gasteiger partial charge in [-0.1, -0.05) is 20.8 Å². The molecule has 3 rings (SSSR count). The molecule has 18 heavy (non-hydrogen) atoms. The highest BCUT2D eigenvalue weighted by atomic mass is 16.5. The molecule has 2 bridgehead atoms. The largest absolute Gasteiger partial charge is 0.378 e. The topological polar surface area (TPSA) is 21.3 Å². The number of rotatable bonds is 2. The normalized spacial score (nSPS) is 50.7. The quantitative estimate of drug-likeness (QED) is 0.812. The van der Waals surface area contributed by atoms with Gasteiger partial charge in [0.1, 0.15) is 0 Å². The van der Waals surface area contributed by atoms with Crippen molar-refractivity contribution in [2.75, 3.05) is 6.61 Å². The van der Waals surface area contributed by atoms with Crippen LogP contribution in [-0.2, 0) is 4.74 Å². The van der Waals surface area contributed by atoms with E-state index in [4.69, 9.17) is 4.74 Å². The summed E-state index contributed by atoms with van der Waals surface area (Å²) < 4.78 is 5.67. The van der Waals surface area contributed by atoms with Gasteiger partial charge in [0, 0.05) is 18.7 Å². The van der Waals surface area contributed by atoms with Crippen LogP contribution in [-0.4, -0.2) is 24.8 Å². The van der Waals surface area contributed by atoms with E-state index >= 15 is 0 Å². The van der Waals surface area contributed by atoms with E-state index in [1.165, 1.54) is 32.1 Å². The monoisotopic (exact) mass is 251 g/mol. The van der Waals surface area contributed by atoms with Gasteiger partial charge in [0.05, 0.1) is 6.10 Å². The Kier molecular flexibility index (Phi) is 3.02. The first kappa shape index (κ1) is 12.9. The molecule has 0 amide bonds. The standard InChI is InChI=1S/C16H29NO/c1-11-9-13(6-8-18-11)17-14-15(2,3)12-5-7-16(14,4)10-12/h11-14,17H,5-10H2,1-4H3. The molecule has 3 aliphatic rings. The van der Waals surface area contributed by atoms with Crippen LogP contribution >= 0.6 is 0 Å². The van der Waals surface area contributed by atoms with Gasteiger partial charge in [-0.2, -0.15) is 0 Å². The third kappa shape index (κ3) is 1.92. The lowest BCUT2D eigenvalue weighted by atomic mass is 9.68. The van der Waals surface area contributed by atoms with Crippen molar-refractivity contribution >= 4 is 0 Å². The lowest BCUT2D eigenvalue weighted by Gasteiger charge is -2.46. The van der Waals surface area contributed by atoms with Crippen LogP contribution in [0.5, 0.6) is 0 Å². The van der Waals surface area contributed by atoms with Crippen molar-refractivity contribution < 1.29 is 4.74 Å². The zero-order valence-electron chi connectivity index (χ0n) is 12.5. The first-order valence-electron chi connectivity index (χ1n) is 7.79. The first-order valence-corrected chi connectivity index (χ1v) is 7.79. The van der Waals surface area contributed by atoms with Crippen molar-refractivity contribution in [3.63, 3.8) is 0 Å². The Morgan fingerprint density at radius 2 is 1.94 bits per heavy atom. The molecule has 0 radical (unpaired) electrons. The van der Waals surface area contributed by atoms with Gasteiger partial charge in [0.15, 0.2) is 0 Å². The molecule has 0 spiro atoms. The highest BCUT2D eigenvalue weighted by molar-refractivity contribution is 5.12. The van der Waals surface area contributed by atoms with Crippen molar-refractivity contribution in [1.29, 1.82) is 0 Å². The van der Waals surface area contributed by atoms with Gasteiger partial charge < -0.3 is 10.1 Å². The molecule has 0 aromatic rings. The maximum Gasteiger partial charge on any atom is 0.0561 e. The predicted octanol–water partition coefficient (Wildman–Crippen LogP) is 3.36. The van der Waals surface area contributed by atoms with Crippen LogP contribution in [0.25, 0.3) is 0 Å². The molecule has 2 saturated carbocycles. The molecule has 2 aliphatic carbocycles. The lowest BCUT2D eigenvalue weighted by molar-refractivity contribution is -0.000809. The van der Waals surface area contributed by atoms with Crippen LogP contribution in [0, 0.1) is 16.7 Å². The molecule has 5 unspecified atom stereocenters. The van der Waals surface area contributed by atoms with Crippen LogP contribution in [0.15, 0.2) is 0 Å². The number of fused-ring (bicyclic) bond motifs is 2. The maximum atomic E-state index is 5.67. The van der Waals surface area contributed by atoms with Crippen molar-refractivity contribution in [1.82, 2.24) is 5.32 Å².